The lowest BCUT2D eigenvalue weighted by Gasteiger charge is -2.19. The zero-order valence-electron chi connectivity index (χ0n) is 11.6. The summed E-state index contributed by atoms with van der Waals surface area (Å²) in [5, 5.41) is 12.9. The average Bonchev–Trinajstić information content (AvgIpc) is 2.94. The van der Waals surface area contributed by atoms with Crippen LogP contribution < -0.4 is 5.32 Å². The van der Waals surface area contributed by atoms with Crippen LogP contribution in [0.5, 0.6) is 0 Å². The molecule has 0 radical (unpaired) electrons. The van der Waals surface area contributed by atoms with Gasteiger partial charge in [-0.25, -0.2) is 4.39 Å². The van der Waals surface area contributed by atoms with Gasteiger partial charge in [-0.05, 0) is 36.2 Å². The molecule has 1 aromatic carbocycles. The molecular weight excluding hydrogens is 273 g/mol. The van der Waals surface area contributed by atoms with E-state index in [-0.39, 0.29) is 11.5 Å². The first kappa shape index (κ1) is 13.8. The third-order valence-electron chi connectivity index (χ3n) is 3.71. The number of amides is 1. The van der Waals surface area contributed by atoms with Crippen molar-refractivity contribution in [2.24, 2.45) is 0 Å². The van der Waals surface area contributed by atoms with Crippen molar-refractivity contribution in [1.82, 2.24) is 0 Å². The highest BCUT2D eigenvalue weighted by atomic mass is 19.1. The summed E-state index contributed by atoms with van der Waals surface area (Å²) < 4.78 is 19.7. The highest BCUT2D eigenvalue weighted by Gasteiger charge is 2.23. The van der Waals surface area contributed by atoms with Gasteiger partial charge in [0.05, 0.1) is 0 Å². The van der Waals surface area contributed by atoms with Gasteiger partial charge in [0.2, 0.25) is 5.91 Å². The van der Waals surface area contributed by atoms with Crippen LogP contribution in [0.1, 0.15) is 42.1 Å². The summed E-state index contributed by atoms with van der Waals surface area (Å²) in [5.74, 6) is 0.395. The maximum absolute atomic E-state index is 14.2. The van der Waals surface area contributed by atoms with E-state index in [1.165, 1.54) is 6.07 Å². The molecule has 110 valence electrons. The molecule has 0 saturated heterocycles. The Balaban J connectivity index is 1.96. The first-order valence-corrected chi connectivity index (χ1v) is 6.97. The van der Waals surface area contributed by atoms with Gasteiger partial charge >= 0.3 is 0 Å². The fourth-order valence-corrected chi connectivity index (χ4v) is 2.52. The summed E-state index contributed by atoms with van der Waals surface area (Å²) >= 11 is 0. The van der Waals surface area contributed by atoms with Gasteiger partial charge in [-0.15, -0.1) is 0 Å². The Labute approximate surface area is 121 Å². The van der Waals surface area contributed by atoms with Crippen molar-refractivity contribution in [3.8, 4) is 0 Å². The smallest absolute Gasteiger partial charge is 0.224 e. The molecule has 1 atom stereocenters. The van der Waals surface area contributed by atoms with Gasteiger partial charge in [-0.1, -0.05) is 6.92 Å². The van der Waals surface area contributed by atoms with E-state index >= 15 is 0 Å². The summed E-state index contributed by atoms with van der Waals surface area (Å²) in [5.41, 5.74) is 1.47. The molecule has 2 aromatic rings. The van der Waals surface area contributed by atoms with Crippen LogP contribution in [0.3, 0.4) is 0 Å². The molecule has 0 bridgehead atoms. The number of aryl methyl sites for hydroxylation is 2. The van der Waals surface area contributed by atoms with Gasteiger partial charge in [-0.2, -0.15) is 0 Å². The number of carbonyl (C=O) groups excluding carboxylic acids is 1. The van der Waals surface area contributed by atoms with Gasteiger partial charge in [0, 0.05) is 24.1 Å². The monoisotopic (exact) mass is 289 g/mol. The molecule has 0 fully saturated rings. The maximum atomic E-state index is 14.2. The molecule has 1 amide bonds. The lowest BCUT2D eigenvalue weighted by atomic mass is 9.97. The van der Waals surface area contributed by atoms with Crippen molar-refractivity contribution < 1.29 is 18.7 Å². The molecule has 1 aliphatic heterocycles. The zero-order chi connectivity index (χ0) is 15.0. The number of hydrogen-bond acceptors (Lipinski definition) is 3. The third-order valence-corrected chi connectivity index (χ3v) is 3.71. The lowest BCUT2D eigenvalue weighted by molar-refractivity contribution is -0.116. The van der Waals surface area contributed by atoms with Crippen LogP contribution >= 0.6 is 0 Å². The van der Waals surface area contributed by atoms with E-state index in [9.17, 15) is 14.3 Å². The Morgan fingerprint density at radius 3 is 2.90 bits per heavy atom. The minimum Gasteiger partial charge on any atom is -0.463 e. The van der Waals surface area contributed by atoms with E-state index < -0.39 is 11.9 Å². The van der Waals surface area contributed by atoms with Crippen molar-refractivity contribution >= 4 is 11.6 Å². The Morgan fingerprint density at radius 2 is 2.19 bits per heavy atom. The first-order valence-electron chi connectivity index (χ1n) is 6.97. The second-order valence-corrected chi connectivity index (χ2v) is 5.14. The maximum Gasteiger partial charge on any atom is 0.224 e. The largest absolute Gasteiger partial charge is 0.463 e. The SMILES string of the molecule is CCc1ccc(C(O)c2cc3c(cc2F)NC(=O)CC3)o1. The number of rotatable bonds is 3. The Morgan fingerprint density at radius 1 is 1.38 bits per heavy atom. The Kier molecular flexibility index (Phi) is 3.51. The van der Waals surface area contributed by atoms with Crippen LogP contribution in [0.2, 0.25) is 0 Å². The van der Waals surface area contributed by atoms with Crippen LogP contribution in [0.15, 0.2) is 28.7 Å². The molecule has 1 aliphatic rings. The molecule has 0 spiro atoms. The van der Waals surface area contributed by atoms with Crippen LogP contribution in [0, 0.1) is 5.82 Å². The number of nitrogens with one attached hydrogen (secondary N) is 1. The molecule has 5 heteroatoms. The van der Waals surface area contributed by atoms with Crippen molar-refractivity contribution in [2.45, 2.75) is 32.3 Å². The summed E-state index contributed by atoms with van der Waals surface area (Å²) in [6.07, 6.45) is 0.480. The van der Waals surface area contributed by atoms with Crippen LogP contribution in [0.4, 0.5) is 10.1 Å². The van der Waals surface area contributed by atoms with Gasteiger partial charge in [0.15, 0.2) is 0 Å². The number of furan rings is 1. The zero-order valence-corrected chi connectivity index (χ0v) is 11.6. The van der Waals surface area contributed by atoms with E-state index in [1.54, 1.807) is 18.2 Å². The van der Waals surface area contributed by atoms with E-state index in [1.807, 2.05) is 6.92 Å². The fraction of sp³-hybridized carbons (Fsp3) is 0.312. The molecule has 21 heavy (non-hydrogen) atoms. The molecule has 1 aromatic heterocycles. The number of aliphatic hydroxyl groups excluding tert-OH is 1. The van der Waals surface area contributed by atoms with Crippen molar-refractivity contribution in [3.63, 3.8) is 0 Å². The molecule has 0 saturated carbocycles. The molecule has 0 aliphatic carbocycles. The standard InChI is InChI=1S/C16H16FNO3/c1-2-10-4-5-14(21-10)16(20)11-7-9-3-6-15(19)18-13(9)8-12(11)17/h4-5,7-8,16,20H,2-3,6H2,1H3,(H,18,19). The number of hydrogen-bond donors (Lipinski definition) is 2. The minimum atomic E-state index is -1.15. The number of benzene rings is 1. The van der Waals surface area contributed by atoms with Gasteiger partial charge < -0.3 is 14.8 Å². The van der Waals surface area contributed by atoms with Crippen LogP contribution in [0.25, 0.3) is 0 Å². The van der Waals surface area contributed by atoms with Crippen LogP contribution in [-0.2, 0) is 17.6 Å². The quantitative estimate of drug-likeness (QED) is 0.913. The van der Waals surface area contributed by atoms with E-state index in [2.05, 4.69) is 5.32 Å². The summed E-state index contributed by atoms with van der Waals surface area (Å²) in [6, 6.07) is 6.29. The number of aliphatic hydroxyl groups is 1. The lowest BCUT2D eigenvalue weighted by Crippen LogP contribution is -2.20. The number of anilines is 1. The number of fused-ring (bicyclic) bond motifs is 1. The molecule has 2 heterocycles. The van der Waals surface area contributed by atoms with E-state index in [0.29, 0.717) is 30.7 Å². The van der Waals surface area contributed by atoms with Crippen molar-refractivity contribution in [3.05, 3.63) is 52.7 Å². The minimum absolute atomic E-state index is 0.117. The Bertz CT molecular complexity index is 693. The average molecular weight is 289 g/mol. The highest BCUT2D eigenvalue weighted by molar-refractivity contribution is 5.93. The van der Waals surface area contributed by atoms with Crippen molar-refractivity contribution in [1.29, 1.82) is 0 Å². The predicted octanol–water partition coefficient (Wildman–Crippen LogP) is 2.95. The normalized spacial score (nSPS) is 15.5. The molecule has 3 rings (SSSR count). The fourth-order valence-electron chi connectivity index (χ4n) is 2.52. The van der Waals surface area contributed by atoms with E-state index in [4.69, 9.17) is 4.42 Å². The first-order chi connectivity index (χ1) is 10.1. The summed E-state index contributed by atoms with van der Waals surface area (Å²) in [4.78, 5) is 11.3. The predicted molar refractivity (Wildman–Crippen MR) is 75.5 cm³/mol. The number of halogens is 1. The van der Waals surface area contributed by atoms with Gasteiger partial charge in [-0.3, -0.25) is 4.79 Å². The van der Waals surface area contributed by atoms with E-state index in [0.717, 1.165) is 11.3 Å². The van der Waals surface area contributed by atoms with Crippen LogP contribution in [-0.4, -0.2) is 11.0 Å². The molecule has 4 nitrogen and oxygen atoms in total. The van der Waals surface area contributed by atoms with Gasteiger partial charge in [0.1, 0.15) is 23.4 Å². The molecule has 1 unspecified atom stereocenters. The van der Waals surface area contributed by atoms with Gasteiger partial charge in [0.25, 0.3) is 0 Å². The van der Waals surface area contributed by atoms with Crippen molar-refractivity contribution in [2.75, 3.05) is 5.32 Å². The number of carbonyl (C=O) groups is 1. The second kappa shape index (κ2) is 5.33. The summed E-state index contributed by atoms with van der Waals surface area (Å²) in [7, 11) is 0. The third kappa shape index (κ3) is 2.56. The molecule has 2 N–H and O–H groups in total. The summed E-state index contributed by atoms with van der Waals surface area (Å²) in [6.45, 7) is 1.94. The highest BCUT2D eigenvalue weighted by Crippen LogP contribution is 2.32. The molecular formula is C16H16FNO3. The topological polar surface area (TPSA) is 62.5 Å². The Hall–Kier alpha value is -2.14. The second-order valence-electron chi connectivity index (χ2n) is 5.14.